The molecule has 0 saturated carbocycles. The normalized spacial score (nSPS) is 13.8. The van der Waals surface area contributed by atoms with Crippen molar-refractivity contribution in [3.05, 3.63) is 71.3 Å². The van der Waals surface area contributed by atoms with Gasteiger partial charge in [0, 0.05) is 0 Å². The maximum atomic E-state index is 2.52. The summed E-state index contributed by atoms with van der Waals surface area (Å²) in [5.74, 6) is 1.34. The van der Waals surface area contributed by atoms with Crippen molar-refractivity contribution in [2.24, 2.45) is 11.3 Å². The van der Waals surface area contributed by atoms with Gasteiger partial charge in [0.05, 0.1) is 8.07 Å². The van der Waals surface area contributed by atoms with E-state index >= 15 is 0 Å². The Balaban J connectivity index is 2.08. The summed E-state index contributed by atoms with van der Waals surface area (Å²) >= 11 is 0. The molecule has 0 radical (unpaired) electrons. The molecule has 2 aromatic rings. The van der Waals surface area contributed by atoms with Gasteiger partial charge in [0.2, 0.25) is 0 Å². The Hall–Kier alpha value is -1.34. The third-order valence-corrected chi connectivity index (χ3v) is 7.98. The lowest BCUT2D eigenvalue weighted by molar-refractivity contribution is 0.301. The summed E-state index contributed by atoms with van der Waals surface area (Å²) in [5.41, 5.74) is 4.89. The minimum atomic E-state index is -1.29. The van der Waals surface area contributed by atoms with E-state index in [4.69, 9.17) is 0 Å². The summed E-state index contributed by atoms with van der Waals surface area (Å²) in [6.45, 7) is 16.8. The van der Waals surface area contributed by atoms with Crippen molar-refractivity contribution in [2.45, 2.75) is 72.1 Å². The van der Waals surface area contributed by atoms with Gasteiger partial charge < -0.3 is 0 Å². The molecule has 1 atom stereocenters. The van der Waals surface area contributed by atoms with Crippen molar-refractivity contribution in [1.82, 2.24) is 0 Å². The minimum absolute atomic E-state index is 0.373. The first-order valence-corrected chi connectivity index (χ1v) is 13.6. The Bertz CT molecular complexity index is 660. The van der Waals surface area contributed by atoms with Crippen LogP contribution in [0.2, 0.25) is 13.1 Å². The van der Waals surface area contributed by atoms with Crippen LogP contribution in [0.4, 0.5) is 0 Å². The number of hydrogen-bond acceptors (Lipinski definition) is 0. The van der Waals surface area contributed by atoms with Crippen molar-refractivity contribution in [2.75, 3.05) is 0 Å². The molecule has 1 heteroatoms. The zero-order valence-corrected chi connectivity index (χ0v) is 19.0. The Morgan fingerprint density at radius 2 is 1.27 bits per heavy atom. The Labute approximate surface area is 163 Å². The number of hydrogen-bond donors (Lipinski definition) is 0. The largest absolute Gasteiger partial charge is 0.0689 e. The highest BCUT2D eigenvalue weighted by atomic mass is 28.3. The summed E-state index contributed by atoms with van der Waals surface area (Å²) in [7, 11) is -1.29. The number of rotatable bonds is 7. The van der Waals surface area contributed by atoms with Crippen LogP contribution in [-0.4, -0.2) is 8.07 Å². The van der Waals surface area contributed by atoms with Crippen molar-refractivity contribution in [3.63, 3.8) is 0 Å². The van der Waals surface area contributed by atoms with E-state index < -0.39 is 8.07 Å². The van der Waals surface area contributed by atoms with Crippen molar-refractivity contribution >= 4 is 8.07 Å². The van der Waals surface area contributed by atoms with E-state index in [0.717, 1.165) is 0 Å². The lowest BCUT2D eigenvalue weighted by Crippen LogP contribution is -2.32. The number of benzene rings is 2. The molecule has 0 aliphatic rings. The highest BCUT2D eigenvalue weighted by molar-refractivity contribution is 6.76. The van der Waals surface area contributed by atoms with E-state index in [9.17, 15) is 0 Å². The molecule has 0 aromatic heterocycles. The summed E-state index contributed by atoms with van der Waals surface area (Å²) in [6, 6.07) is 23.1. The second-order valence-electron chi connectivity index (χ2n) is 10.4. The van der Waals surface area contributed by atoms with Crippen molar-refractivity contribution < 1.29 is 0 Å². The van der Waals surface area contributed by atoms with Crippen LogP contribution in [0.1, 0.15) is 63.6 Å². The first-order valence-electron chi connectivity index (χ1n) is 10.2. The molecule has 0 aliphatic carbocycles. The quantitative estimate of drug-likeness (QED) is 0.447. The van der Waals surface area contributed by atoms with Gasteiger partial charge in [-0.3, -0.25) is 0 Å². The van der Waals surface area contributed by atoms with Crippen LogP contribution in [0.15, 0.2) is 54.6 Å². The third-order valence-electron chi connectivity index (χ3n) is 5.25. The molecule has 0 heterocycles. The topological polar surface area (TPSA) is 0 Å². The lowest BCUT2D eigenvalue weighted by atomic mass is 9.76. The van der Waals surface area contributed by atoms with E-state index in [0.29, 0.717) is 17.3 Å². The molecule has 2 rings (SSSR count). The van der Waals surface area contributed by atoms with Gasteiger partial charge in [-0.15, -0.1) is 0 Å². The fourth-order valence-corrected chi connectivity index (χ4v) is 6.85. The Morgan fingerprint density at radius 3 is 1.73 bits per heavy atom. The van der Waals surface area contributed by atoms with Crippen molar-refractivity contribution in [1.29, 1.82) is 0 Å². The zero-order chi connectivity index (χ0) is 19.4. The van der Waals surface area contributed by atoms with Gasteiger partial charge in [0.25, 0.3) is 0 Å². The SMILES string of the molecule is CC(C)C(CC(C)(C)C)c1ccc(C[Si](C)(C)Cc2ccccc2)cc1. The molecule has 0 fully saturated rings. The van der Waals surface area contributed by atoms with E-state index in [1.54, 1.807) is 0 Å². The van der Waals surface area contributed by atoms with Crippen LogP contribution in [0.3, 0.4) is 0 Å². The van der Waals surface area contributed by atoms with Crippen LogP contribution in [0.5, 0.6) is 0 Å². The van der Waals surface area contributed by atoms with Gasteiger partial charge in [-0.2, -0.15) is 0 Å². The van der Waals surface area contributed by atoms with Gasteiger partial charge >= 0.3 is 0 Å². The maximum Gasteiger partial charge on any atom is 0.0561 e. The fourth-order valence-electron chi connectivity index (χ4n) is 4.04. The van der Waals surface area contributed by atoms with Gasteiger partial charge in [-0.05, 0) is 41.3 Å². The first kappa shape index (κ1) is 21.0. The van der Waals surface area contributed by atoms with E-state index in [-0.39, 0.29) is 0 Å². The van der Waals surface area contributed by atoms with Crippen molar-refractivity contribution in [3.8, 4) is 0 Å². The molecule has 142 valence electrons. The molecule has 0 amide bonds. The third kappa shape index (κ3) is 6.76. The molecule has 0 bridgehead atoms. The molecule has 2 aromatic carbocycles. The van der Waals surface area contributed by atoms with Crippen LogP contribution < -0.4 is 0 Å². The Kier molecular flexibility index (Phi) is 6.90. The average molecular weight is 367 g/mol. The molecular weight excluding hydrogens is 328 g/mol. The monoisotopic (exact) mass is 366 g/mol. The molecule has 0 saturated heterocycles. The molecule has 26 heavy (non-hydrogen) atoms. The predicted molar refractivity (Wildman–Crippen MR) is 119 cm³/mol. The van der Waals surface area contributed by atoms with Crippen LogP contribution in [0.25, 0.3) is 0 Å². The van der Waals surface area contributed by atoms with Gasteiger partial charge in [0.15, 0.2) is 0 Å². The predicted octanol–water partition coefficient (Wildman–Crippen LogP) is 7.43. The standard InChI is InChI=1S/C25H38Si/c1-20(2)24(17-25(3,4)5)23-15-13-22(14-16-23)19-26(6,7)18-21-11-9-8-10-12-21/h8-16,20,24H,17-19H2,1-7H3. The summed E-state index contributed by atoms with van der Waals surface area (Å²) < 4.78 is 0. The minimum Gasteiger partial charge on any atom is -0.0689 e. The first-order chi connectivity index (χ1) is 12.1. The fraction of sp³-hybridized carbons (Fsp3) is 0.520. The second kappa shape index (κ2) is 8.56. The second-order valence-corrected chi connectivity index (χ2v) is 15.4. The molecule has 0 N–H and O–H groups in total. The van der Waals surface area contributed by atoms with Gasteiger partial charge in [-0.25, -0.2) is 0 Å². The van der Waals surface area contributed by atoms with E-state index in [2.05, 4.69) is 102 Å². The van der Waals surface area contributed by atoms with E-state index in [1.807, 2.05) is 0 Å². The highest BCUT2D eigenvalue weighted by Crippen LogP contribution is 2.36. The molecule has 0 aliphatic heterocycles. The smallest absolute Gasteiger partial charge is 0.0561 e. The molecule has 0 nitrogen and oxygen atoms in total. The van der Waals surface area contributed by atoms with Crippen LogP contribution in [-0.2, 0) is 12.1 Å². The summed E-state index contributed by atoms with van der Waals surface area (Å²) in [5, 5.41) is 0. The highest BCUT2D eigenvalue weighted by Gasteiger charge is 2.24. The molecule has 0 spiro atoms. The lowest BCUT2D eigenvalue weighted by Gasteiger charge is -2.29. The molecule has 1 unspecified atom stereocenters. The van der Waals surface area contributed by atoms with Gasteiger partial charge in [0.1, 0.15) is 0 Å². The Morgan fingerprint density at radius 1 is 0.769 bits per heavy atom. The van der Waals surface area contributed by atoms with Gasteiger partial charge in [-0.1, -0.05) is 113 Å². The maximum absolute atomic E-state index is 2.52. The van der Waals surface area contributed by atoms with Crippen LogP contribution in [0, 0.1) is 11.3 Å². The van der Waals surface area contributed by atoms with E-state index in [1.165, 1.54) is 35.2 Å². The zero-order valence-electron chi connectivity index (χ0n) is 18.0. The summed E-state index contributed by atoms with van der Waals surface area (Å²) in [4.78, 5) is 0. The summed E-state index contributed by atoms with van der Waals surface area (Å²) in [6.07, 6.45) is 1.25. The molecular formula is C25H38Si. The average Bonchev–Trinajstić information content (AvgIpc) is 2.52. The van der Waals surface area contributed by atoms with Crippen LogP contribution >= 0.6 is 0 Å².